The number of hydrogen-bond acceptors (Lipinski definition) is 5. The van der Waals surface area contributed by atoms with Crippen LogP contribution in [-0.4, -0.2) is 27.3 Å². The van der Waals surface area contributed by atoms with Crippen molar-refractivity contribution in [3.05, 3.63) is 34.4 Å². The standard InChI is InChI=1S/C18H24N2O4/c1-9-5-6-18(20)16(3,4)24-11-7-10(2)12(15(22)23)14(21)13(11)17(18,19)8-9/h7-8,21H,5-6,19-20H2,1-4H3,(H,22,23)/t17-,18-/m1/s1. The topological polar surface area (TPSA) is 119 Å². The van der Waals surface area contributed by atoms with Gasteiger partial charge in [0.15, 0.2) is 0 Å². The van der Waals surface area contributed by atoms with E-state index < -0.39 is 22.6 Å². The predicted molar refractivity (Wildman–Crippen MR) is 90.3 cm³/mol. The number of fused-ring (bicyclic) bond motifs is 3. The molecule has 2 aliphatic rings. The summed E-state index contributed by atoms with van der Waals surface area (Å²) in [6.07, 6.45) is 3.20. The molecule has 3 rings (SSSR count). The minimum Gasteiger partial charge on any atom is -0.507 e. The predicted octanol–water partition coefficient (Wildman–Crippen LogP) is 2.16. The molecule has 1 aromatic carbocycles. The average Bonchev–Trinajstić information content (AvgIpc) is 2.40. The Bertz CT molecular complexity index is 784. The summed E-state index contributed by atoms with van der Waals surface area (Å²) in [6.45, 7) is 7.34. The number of ether oxygens (including phenoxy) is 1. The van der Waals surface area contributed by atoms with Crippen molar-refractivity contribution in [1.82, 2.24) is 0 Å². The maximum absolute atomic E-state index is 11.6. The number of nitrogens with two attached hydrogens (primary N) is 2. The van der Waals surface area contributed by atoms with Gasteiger partial charge in [0.05, 0.1) is 16.6 Å². The van der Waals surface area contributed by atoms with Crippen LogP contribution in [-0.2, 0) is 5.54 Å². The van der Waals surface area contributed by atoms with Crippen LogP contribution in [0.2, 0.25) is 0 Å². The summed E-state index contributed by atoms with van der Waals surface area (Å²) < 4.78 is 6.10. The second-order valence-electron chi connectivity index (χ2n) is 7.54. The minimum absolute atomic E-state index is 0.166. The van der Waals surface area contributed by atoms with Crippen molar-refractivity contribution in [2.24, 2.45) is 11.5 Å². The normalized spacial score (nSPS) is 30.7. The number of hydrogen-bond donors (Lipinski definition) is 4. The van der Waals surface area contributed by atoms with E-state index in [9.17, 15) is 15.0 Å². The van der Waals surface area contributed by atoms with E-state index in [1.807, 2.05) is 26.8 Å². The van der Waals surface area contributed by atoms with Gasteiger partial charge in [-0.05, 0) is 52.2 Å². The van der Waals surface area contributed by atoms with Crippen LogP contribution in [0.3, 0.4) is 0 Å². The molecule has 1 aliphatic carbocycles. The van der Waals surface area contributed by atoms with Crippen molar-refractivity contribution < 1.29 is 19.7 Å². The summed E-state index contributed by atoms with van der Waals surface area (Å²) in [6, 6.07) is 1.62. The van der Waals surface area contributed by atoms with Crippen LogP contribution in [0.25, 0.3) is 0 Å². The molecule has 6 heteroatoms. The number of rotatable bonds is 1. The van der Waals surface area contributed by atoms with Gasteiger partial charge in [0, 0.05) is 0 Å². The lowest BCUT2D eigenvalue weighted by Gasteiger charge is -2.59. The average molecular weight is 332 g/mol. The van der Waals surface area contributed by atoms with Crippen molar-refractivity contribution in [3.63, 3.8) is 0 Å². The van der Waals surface area contributed by atoms with E-state index in [1.165, 1.54) is 0 Å². The summed E-state index contributed by atoms with van der Waals surface area (Å²) in [5, 5.41) is 20.2. The molecule has 0 saturated heterocycles. The summed E-state index contributed by atoms with van der Waals surface area (Å²) >= 11 is 0. The molecule has 6 N–H and O–H groups in total. The quantitative estimate of drug-likeness (QED) is 0.585. The molecule has 0 unspecified atom stereocenters. The lowest BCUT2D eigenvalue weighted by Crippen LogP contribution is -2.76. The summed E-state index contributed by atoms with van der Waals surface area (Å²) in [4.78, 5) is 11.6. The molecular formula is C18H24N2O4. The third-order valence-corrected chi connectivity index (χ3v) is 5.65. The van der Waals surface area contributed by atoms with E-state index >= 15 is 0 Å². The van der Waals surface area contributed by atoms with Crippen LogP contribution >= 0.6 is 0 Å². The van der Waals surface area contributed by atoms with Crippen LogP contribution in [0.15, 0.2) is 17.7 Å². The summed E-state index contributed by atoms with van der Waals surface area (Å²) in [7, 11) is 0. The van der Waals surface area contributed by atoms with E-state index in [4.69, 9.17) is 16.2 Å². The molecule has 130 valence electrons. The number of aryl methyl sites for hydroxylation is 1. The van der Waals surface area contributed by atoms with Crippen molar-refractivity contribution >= 4 is 5.97 Å². The van der Waals surface area contributed by atoms with Gasteiger partial charge in [0.2, 0.25) is 0 Å². The number of allylic oxidation sites excluding steroid dienone is 1. The Morgan fingerprint density at radius 1 is 1.29 bits per heavy atom. The van der Waals surface area contributed by atoms with Crippen LogP contribution in [0.1, 0.15) is 55.1 Å². The molecule has 0 spiro atoms. The second-order valence-corrected chi connectivity index (χ2v) is 7.54. The van der Waals surface area contributed by atoms with E-state index in [0.29, 0.717) is 17.7 Å². The first kappa shape index (κ1) is 16.8. The monoisotopic (exact) mass is 332 g/mol. The Morgan fingerprint density at radius 3 is 2.50 bits per heavy atom. The molecule has 6 nitrogen and oxygen atoms in total. The lowest BCUT2D eigenvalue weighted by atomic mass is 9.58. The highest BCUT2D eigenvalue weighted by molar-refractivity contribution is 5.94. The highest BCUT2D eigenvalue weighted by Crippen LogP contribution is 2.56. The molecule has 1 aromatic rings. The number of aromatic carboxylic acids is 1. The third kappa shape index (κ3) is 1.87. The molecule has 0 radical (unpaired) electrons. The Kier molecular flexibility index (Phi) is 3.32. The van der Waals surface area contributed by atoms with E-state index in [1.54, 1.807) is 13.0 Å². The SMILES string of the molecule is CC1=C[C@@]2(N)c3c(cc(C)c(C(=O)O)c3O)OC(C)(C)[C@]2(N)CC1. The number of phenols is 1. The van der Waals surface area contributed by atoms with Gasteiger partial charge < -0.3 is 26.4 Å². The molecular weight excluding hydrogens is 308 g/mol. The first-order chi connectivity index (χ1) is 10.9. The van der Waals surface area contributed by atoms with Crippen molar-refractivity contribution in [1.29, 1.82) is 0 Å². The van der Waals surface area contributed by atoms with Gasteiger partial charge in [-0.1, -0.05) is 11.6 Å². The fraction of sp³-hybridized carbons (Fsp3) is 0.500. The van der Waals surface area contributed by atoms with E-state index in [2.05, 4.69) is 0 Å². The van der Waals surface area contributed by atoms with Crippen LogP contribution in [0.4, 0.5) is 0 Å². The second kappa shape index (κ2) is 4.74. The van der Waals surface area contributed by atoms with Crippen molar-refractivity contribution in [2.45, 2.75) is 57.2 Å². The fourth-order valence-electron chi connectivity index (χ4n) is 4.17. The van der Waals surface area contributed by atoms with Gasteiger partial charge in [-0.25, -0.2) is 4.79 Å². The zero-order valence-electron chi connectivity index (χ0n) is 14.4. The van der Waals surface area contributed by atoms with Gasteiger partial charge >= 0.3 is 5.97 Å². The highest BCUT2D eigenvalue weighted by atomic mass is 16.5. The molecule has 0 amide bonds. The van der Waals surface area contributed by atoms with Crippen LogP contribution in [0.5, 0.6) is 11.5 Å². The number of carboxylic acid groups (broad SMARTS) is 1. The smallest absolute Gasteiger partial charge is 0.339 e. The first-order valence-corrected chi connectivity index (χ1v) is 8.00. The molecule has 0 aromatic heterocycles. The minimum atomic E-state index is -1.21. The number of aromatic hydroxyl groups is 1. The summed E-state index contributed by atoms with van der Waals surface area (Å²) in [5.74, 6) is -1.19. The molecule has 24 heavy (non-hydrogen) atoms. The van der Waals surface area contributed by atoms with Crippen LogP contribution < -0.4 is 16.2 Å². The van der Waals surface area contributed by atoms with Gasteiger partial charge in [-0.2, -0.15) is 0 Å². The third-order valence-electron chi connectivity index (χ3n) is 5.65. The van der Waals surface area contributed by atoms with Crippen LogP contribution in [0, 0.1) is 6.92 Å². The fourth-order valence-corrected chi connectivity index (χ4v) is 4.17. The van der Waals surface area contributed by atoms with Gasteiger partial charge in [-0.3, -0.25) is 0 Å². The Labute approximate surface area is 141 Å². The molecule has 1 heterocycles. The molecule has 2 atom stereocenters. The zero-order valence-corrected chi connectivity index (χ0v) is 14.4. The molecule has 0 fully saturated rings. The number of carboxylic acids is 1. The Balaban J connectivity index is 2.43. The number of benzene rings is 1. The van der Waals surface area contributed by atoms with Gasteiger partial charge in [-0.15, -0.1) is 0 Å². The first-order valence-electron chi connectivity index (χ1n) is 8.00. The lowest BCUT2D eigenvalue weighted by molar-refractivity contribution is -0.0408. The van der Waals surface area contributed by atoms with Crippen molar-refractivity contribution in [2.75, 3.05) is 0 Å². The zero-order chi connectivity index (χ0) is 18.1. The largest absolute Gasteiger partial charge is 0.507 e. The van der Waals surface area contributed by atoms with Crippen molar-refractivity contribution in [3.8, 4) is 11.5 Å². The molecule has 0 saturated carbocycles. The maximum atomic E-state index is 11.6. The van der Waals surface area contributed by atoms with E-state index in [-0.39, 0.29) is 16.9 Å². The van der Waals surface area contributed by atoms with Gasteiger partial charge in [0.1, 0.15) is 22.7 Å². The Morgan fingerprint density at radius 2 is 1.92 bits per heavy atom. The maximum Gasteiger partial charge on any atom is 0.339 e. The molecule has 0 bridgehead atoms. The van der Waals surface area contributed by atoms with E-state index in [0.717, 1.165) is 12.0 Å². The molecule has 1 aliphatic heterocycles. The number of carbonyl (C=O) groups is 1. The Hall–Kier alpha value is -2.05. The highest BCUT2D eigenvalue weighted by Gasteiger charge is 2.62. The van der Waals surface area contributed by atoms with Gasteiger partial charge in [0.25, 0.3) is 0 Å². The summed E-state index contributed by atoms with van der Waals surface area (Å²) in [5.41, 5.74) is 12.1.